The molecule has 0 spiro atoms. The summed E-state index contributed by atoms with van der Waals surface area (Å²) in [7, 11) is -6.76. The molecule has 0 bridgehead atoms. The molecule has 21 heavy (non-hydrogen) atoms. The molecular weight excluding hydrogens is 312 g/mol. The Morgan fingerprint density at radius 3 is 2.33 bits per heavy atom. The van der Waals surface area contributed by atoms with Gasteiger partial charge in [-0.15, -0.1) is 0 Å². The number of hydrogen-bond acceptors (Lipinski definition) is 5. The second kappa shape index (κ2) is 6.04. The van der Waals surface area contributed by atoms with E-state index in [9.17, 15) is 16.8 Å². The van der Waals surface area contributed by atoms with Gasteiger partial charge in [0.1, 0.15) is 0 Å². The van der Waals surface area contributed by atoms with Crippen molar-refractivity contribution in [1.82, 2.24) is 4.31 Å². The molecular formula is C13H20N2O4S2. The van der Waals surface area contributed by atoms with Crippen molar-refractivity contribution in [2.75, 3.05) is 24.6 Å². The molecule has 1 fully saturated rings. The molecule has 118 valence electrons. The minimum Gasteiger partial charge on any atom is -0.326 e. The van der Waals surface area contributed by atoms with Crippen molar-refractivity contribution < 1.29 is 16.8 Å². The van der Waals surface area contributed by atoms with Crippen LogP contribution in [0.2, 0.25) is 0 Å². The molecule has 0 radical (unpaired) electrons. The van der Waals surface area contributed by atoms with Gasteiger partial charge in [0.2, 0.25) is 10.0 Å². The number of nitrogens with zero attached hydrogens (tertiary/aromatic N) is 1. The van der Waals surface area contributed by atoms with Crippen LogP contribution in [0.25, 0.3) is 0 Å². The molecule has 1 aromatic rings. The van der Waals surface area contributed by atoms with Gasteiger partial charge in [-0.2, -0.15) is 4.31 Å². The smallest absolute Gasteiger partial charge is 0.243 e. The van der Waals surface area contributed by atoms with Crippen molar-refractivity contribution >= 4 is 19.9 Å². The van der Waals surface area contributed by atoms with Crippen molar-refractivity contribution in [1.29, 1.82) is 0 Å². The van der Waals surface area contributed by atoms with Crippen molar-refractivity contribution in [2.45, 2.75) is 24.8 Å². The van der Waals surface area contributed by atoms with E-state index in [4.69, 9.17) is 5.73 Å². The Balaban J connectivity index is 2.32. The molecule has 2 N–H and O–H groups in total. The lowest BCUT2D eigenvalue weighted by Crippen LogP contribution is -2.43. The standard InChI is InChI=1S/C13H20N2O4S2/c1-2-11-3-4-13(9-12(11)10-14)21(18,19)15-5-7-20(16,17)8-6-15/h3-4,9H,2,5-8,10,14H2,1H3. The van der Waals surface area contributed by atoms with Crippen LogP contribution in [0.3, 0.4) is 0 Å². The van der Waals surface area contributed by atoms with Crippen LogP contribution in [-0.4, -0.2) is 45.7 Å². The molecule has 2 rings (SSSR count). The van der Waals surface area contributed by atoms with Crippen LogP contribution in [0.15, 0.2) is 23.1 Å². The third-order valence-electron chi connectivity index (χ3n) is 3.72. The van der Waals surface area contributed by atoms with Crippen molar-refractivity contribution in [3.8, 4) is 0 Å². The highest BCUT2D eigenvalue weighted by Crippen LogP contribution is 2.21. The van der Waals surface area contributed by atoms with Crippen molar-refractivity contribution in [3.63, 3.8) is 0 Å². The fourth-order valence-corrected chi connectivity index (χ4v) is 5.31. The quantitative estimate of drug-likeness (QED) is 0.845. The third-order valence-corrected chi connectivity index (χ3v) is 7.22. The van der Waals surface area contributed by atoms with E-state index in [0.29, 0.717) is 0 Å². The first-order valence-electron chi connectivity index (χ1n) is 6.82. The number of sulfone groups is 1. The van der Waals surface area contributed by atoms with Gasteiger partial charge in [-0.3, -0.25) is 0 Å². The topological polar surface area (TPSA) is 97.5 Å². The molecule has 0 saturated carbocycles. The third kappa shape index (κ3) is 3.45. The number of aryl methyl sites for hydroxylation is 1. The van der Waals surface area contributed by atoms with E-state index in [1.165, 1.54) is 4.31 Å². The van der Waals surface area contributed by atoms with Gasteiger partial charge >= 0.3 is 0 Å². The molecule has 0 aromatic heterocycles. The van der Waals surface area contributed by atoms with Crippen LogP contribution in [0, 0.1) is 0 Å². The van der Waals surface area contributed by atoms with Gasteiger partial charge in [0, 0.05) is 19.6 Å². The maximum absolute atomic E-state index is 12.6. The normalized spacial score (nSPS) is 19.5. The zero-order chi connectivity index (χ0) is 15.7. The lowest BCUT2D eigenvalue weighted by Gasteiger charge is -2.26. The van der Waals surface area contributed by atoms with E-state index in [1.54, 1.807) is 18.2 Å². The van der Waals surface area contributed by atoms with Gasteiger partial charge in [-0.05, 0) is 29.7 Å². The van der Waals surface area contributed by atoms with E-state index >= 15 is 0 Å². The summed E-state index contributed by atoms with van der Waals surface area (Å²) in [6, 6.07) is 4.93. The summed E-state index contributed by atoms with van der Waals surface area (Å²) < 4.78 is 49.2. The Labute approximate surface area is 125 Å². The van der Waals surface area contributed by atoms with E-state index < -0.39 is 19.9 Å². The van der Waals surface area contributed by atoms with Crippen LogP contribution in [0.4, 0.5) is 0 Å². The van der Waals surface area contributed by atoms with Gasteiger partial charge in [-0.1, -0.05) is 13.0 Å². The molecule has 1 aliphatic rings. The first kappa shape index (κ1) is 16.4. The lowest BCUT2D eigenvalue weighted by molar-refractivity contribution is 0.430. The average molecular weight is 332 g/mol. The monoisotopic (exact) mass is 332 g/mol. The highest BCUT2D eigenvalue weighted by atomic mass is 32.2. The highest BCUT2D eigenvalue weighted by Gasteiger charge is 2.31. The van der Waals surface area contributed by atoms with E-state index in [0.717, 1.165) is 17.5 Å². The largest absolute Gasteiger partial charge is 0.326 e. The van der Waals surface area contributed by atoms with E-state index in [2.05, 4.69) is 0 Å². The zero-order valence-electron chi connectivity index (χ0n) is 11.9. The minimum absolute atomic E-state index is 0.0121. The number of hydrogen-bond donors (Lipinski definition) is 1. The van der Waals surface area contributed by atoms with Crippen LogP contribution in [-0.2, 0) is 32.8 Å². The molecule has 0 amide bonds. The molecule has 1 heterocycles. The van der Waals surface area contributed by atoms with E-state index in [-0.39, 0.29) is 36.0 Å². The van der Waals surface area contributed by atoms with Crippen molar-refractivity contribution in [3.05, 3.63) is 29.3 Å². The Morgan fingerprint density at radius 2 is 1.81 bits per heavy atom. The van der Waals surface area contributed by atoms with Gasteiger partial charge < -0.3 is 5.73 Å². The fraction of sp³-hybridized carbons (Fsp3) is 0.538. The SMILES string of the molecule is CCc1ccc(S(=O)(=O)N2CCS(=O)(=O)CC2)cc1CN. The van der Waals surface area contributed by atoms with Gasteiger partial charge in [-0.25, -0.2) is 16.8 Å². The number of benzene rings is 1. The predicted molar refractivity (Wildman–Crippen MR) is 81.1 cm³/mol. The Morgan fingerprint density at radius 1 is 1.19 bits per heavy atom. The van der Waals surface area contributed by atoms with Crippen molar-refractivity contribution in [2.24, 2.45) is 5.73 Å². The summed E-state index contributed by atoms with van der Waals surface area (Å²) in [5.74, 6) is -0.244. The second-order valence-electron chi connectivity index (χ2n) is 5.04. The first-order valence-corrected chi connectivity index (χ1v) is 10.1. The maximum atomic E-state index is 12.6. The second-order valence-corrected chi connectivity index (χ2v) is 9.29. The summed E-state index contributed by atoms with van der Waals surface area (Å²) in [5.41, 5.74) is 7.50. The summed E-state index contributed by atoms with van der Waals surface area (Å²) in [6.07, 6.45) is 0.787. The minimum atomic E-state index is -3.66. The molecule has 8 heteroatoms. The number of rotatable bonds is 4. The van der Waals surface area contributed by atoms with Crippen LogP contribution < -0.4 is 5.73 Å². The summed E-state index contributed by atoms with van der Waals surface area (Å²) >= 11 is 0. The number of sulfonamides is 1. The molecule has 0 aliphatic carbocycles. The molecule has 0 unspecified atom stereocenters. The molecule has 1 aromatic carbocycles. The molecule has 1 saturated heterocycles. The van der Waals surface area contributed by atoms with Crippen LogP contribution >= 0.6 is 0 Å². The Hall–Kier alpha value is -0.960. The lowest BCUT2D eigenvalue weighted by atomic mass is 10.1. The summed E-state index contributed by atoms with van der Waals surface area (Å²) in [6.45, 7) is 2.29. The fourth-order valence-electron chi connectivity index (χ4n) is 2.38. The predicted octanol–water partition coefficient (Wildman–Crippen LogP) is 0.127. The van der Waals surface area contributed by atoms with Crippen LogP contribution in [0.5, 0.6) is 0 Å². The zero-order valence-corrected chi connectivity index (χ0v) is 13.6. The maximum Gasteiger partial charge on any atom is 0.243 e. The van der Waals surface area contributed by atoms with Gasteiger partial charge in [0.25, 0.3) is 0 Å². The average Bonchev–Trinajstić information content (AvgIpc) is 2.46. The van der Waals surface area contributed by atoms with Crippen LogP contribution in [0.1, 0.15) is 18.1 Å². The summed E-state index contributed by atoms with van der Waals surface area (Å²) in [5, 5.41) is 0. The Bertz CT molecular complexity index is 713. The highest BCUT2D eigenvalue weighted by molar-refractivity contribution is 7.92. The molecule has 0 atom stereocenters. The Kier molecular flexibility index (Phi) is 4.72. The number of nitrogens with two attached hydrogens (primary N) is 1. The summed E-state index contributed by atoms with van der Waals surface area (Å²) in [4.78, 5) is 0.180. The molecule has 6 nitrogen and oxygen atoms in total. The molecule has 1 aliphatic heterocycles. The van der Waals surface area contributed by atoms with Gasteiger partial charge in [0.15, 0.2) is 9.84 Å². The first-order chi connectivity index (χ1) is 9.80. The van der Waals surface area contributed by atoms with Gasteiger partial charge in [0.05, 0.1) is 16.4 Å². The van der Waals surface area contributed by atoms with E-state index in [1.807, 2.05) is 6.92 Å².